The molecule has 0 saturated carbocycles. The van der Waals surface area contributed by atoms with Crippen LogP contribution in [-0.2, 0) is 9.59 Å². The van der Waals surface area contributed by atoms with Crippen LogP contribution in [0.5, 0.6) is 0 Å². The zero-order chi connectivity index (χ0) is 14.5. The van der Waals surface area contributed by atoms with Gasteiger partial charge in [0.15, 0.2) is 0 Å². The summed E-state index contributed by atoms with van der Waals surface area (Å²) in [5.41, 5.74) is -0.761. The van der Waals surface area contributed by atoms with Crippen molar-refractivity contribution >= 4 is 23.6 Å². The number of amides is 2. The molecule has 0 aromatic heterocycles. The first-order valence-corrected chi connectivity index (χ1v) is 8.41. The molecular weight excluding hydrogens is 260 g/mol. The van der Waals surface area contributed by atoms with E-state index in [1.54, 1.807) is 25.7 Å². The van der Waals surface area contributed by atoms with Crippen LogP contribution in [0.2, 0.25) is 0 Å². The maximum absolute atomic E-state index is 12.3. The number of nitrogens with one attached hydrogen (secondary N) is 1. The van der Waals surface area contributed by atoms with Gasteiger partial charge >= 0.3 is 0 Å². The van der Waals surface area contributed by atoms with Crippen molar-refractivity contribution in [1.29, 1.82) is 0 Å². The first kappa shape index (κ1) is 16.3. The van der Waals surface area contributed by atoms with Crippen molar-refractivity contribution in [3.05, 3.63) is 0 Å². The van der Waals surface area contributed by atoms with Crippen LogP contribution in [-0.4, -0.2) is 46.8 Å². The third-order valence-electron chi connectivity index (χ3n) is 3.58. The van der Waals surface area contributed by atoms with Gasteiger partial charge in [-0.15, -0.1) is 0 Å². The number of hydrogen-bond acceptors (Lipinski definition) is 3. The fourth-order valence-corrected chi connectivity index (χ4v) is 2.81. The lowest BCUT2D eigenvalue weighted by molar-refractivity contribution is -0.152. The average molecular weight is 286 g/mol. The molecule has 1 unspecified atom stereocenters. The number of nitrogens with zero attached hydrogens (tertiary/aromatic N) is 1. The third kappa shape index (κ3) is 4.41. The highest BCUT2D eigenvalue weighted by atomic mass is 32.2. The van der Waals surface area contributed by atoms with Gasteiger partial charge in [0.2, 0.25) is 11.8 Å². The smallest absolute Gasteiger partial charge is 0.248 e. The molecule has 0 spiro atoms. The van der Waals surface area contributed by atoms with Crippen molar-refractivity contribution in [2.24, 2.45) is 0 Å². The molecule has 2 amide bonds. The monoisotopic (exact) mass is 286 g/mol. The molecule has 110 valence electrons. The Hall–Kier alpha value is -0.710. The molecule has 0 radical (unpaired) electrons. The van der Waals surface area contributed by atoms with Crippen molar-refractivity contribution in [2.75, 3.05) is 18.6 Å². The molecule has 0 bridgehead atoms. The minimum atomic E-state index is -0.761. The molecule has 0 aromatic rings. The second-order valence-corrected chi connectivity index (χ2v) is 6.68. The fraction of sp³-hybridized carbons (Fsp3) is 0.857. The van der Waals surface area contributed by atoms with Gasteiger partial charge in [0.05, 0.1) is 0 Å². The number of piperazine rings is 1. The number of hydrogen-bond donors (Lipinski definition) is 1. The Labute approximate surface area is 120 Å². The molecule has 0 aromatic carbocycles. The lowest BCUT2D eigenvalue weighted by atomic mass is 9.97. The first-order valence-electron chi connectivity index (χ1n) is 7.02. The topological polar surface area (TPSA) is 49.4 Å². The Morgan fingerprint density at radius 1 is 1.21 bits per heavy atom. The lowest BCUT2D eigenvalue weighted by Crippen LogP contribution is -2.67. The predicted molar refractivity (Wildman–Crippen MR) is 80.2 cm³/mol. The Morgan fingerprint density at radius 3 is 2.47 bits per heavy atom. The largest absolute Gasteiger partial charge is 0.340 e. The Morgan fingerprint density at radius 2 is 1.84 bits per heavy atom. The Kier molecular flexibility index (Phi) is 6.17. The van der Waals surface area contributed by atoms with E-state index in [0.29, 0.717) is 6.54 Å². The van der Waals surface area contributed by atoms with Gasteiger partial charge in [-0.2, -0.15) is 11.8 Å². The summed E-state index contributed by atoms with van der Waals surface area (Å²) in [4.78, 5) is 25.8. The molecule has 1 aliphatic rings. The van der Waals surface area contributed by atoms with Crippen molar-refractivity contribution in [3.8, 4) is 0 Å². The second-order valence-electron chi connectivity index (χ2n) is 5.70. The molecule has 1 heterocycles. The van der Waals surface area contributed by atoms with Gasteiger partial charge in [0, 0.05) is 6.54 Å². The van der Waals surface area contributed by atoms with Crippen LogP contribution < -0.4 is 5.32 Å². The van der Waals surface area contributed by atoms with Crippen molar-refractivity contribution in [2.45, 2.75) is 58.0 Å². The minimum absolute atomic E-state index is 0.0312. The first-order chi connectivity index (χ1) is 8.90. The van der Waals surface area contributed by atoms with E-state index in [1.165, 1.54) is 18.6 Å². The standard InChI is InChI=1S/C14H26N2O2S/c1-11-12(17)15-14(2,3)13(18)16(11)9-7-5-6-8-10-19-4/h11H,5-10H2,1-4H3,(H,15,17). The van der Waals surface area contributed by atoms with E-state index in [2.05, 4.69) is 11.6 Å². The fourth-order valence-electron chi connectivity index (χ4n) is 2.32. The van der Waals surface area contributed by atoms with E-state index in [-0.39, 0.29) is 17.9 Å². The average Bonchev–Trinajstić information content (AvgIpc) is 2.34. The molecule has 19 heavy (non-hydrogen) atoms. The summed E-state index contributed by atoms with van der Waals surface area (Å²) in [6.45, 7) is 6.03. The number of rotatable bonds is 7. The minimum Gasteiger partial charge on any atom is -0.340 e. The predicted octanol–water partition coefficient (Wildman–Crippen LogP) is 2.04. The van der Waals surface area contributed by atoms with Crippen LogP contribution >= 0.6 is 11.8 Å². The van der Waals surface area contributed by atoms with E-state index in [1.807, 2.05) is 11.8 Å². The highest BCUT2D eigenvalue weighted by Crippen LogP contribution is 2.18. The van der Waals surface area contributed by atoms with Gasteiger partial charge in [-0.05, 0) is 45.6 Å². The van der Waals surface area contributed by atoms with Crippen LogP contribution in [0.3, 0.4) is 0 Å². The van der Waals surface area contributed by atoms with Gasteiger partial charge < -0.3 is 10.2 Å². The molecule has 5 heteroatoms. The molecule has 1 saturated heterocycles. The lowest BCUT2D eigenvalue weighted by Gasteiger charge is -2.41. The number of carbonyl (C=O) groups excluding carboxylic acids is 2. The molecule has 4 nitrogen and oxygen atoms in total. The van der Waals surface area contributed by atoms with Crippen LogP contribution in [0.15, 0.2) is 0 Å². The maximum atomic E-state index is 12.3. The maximum Gasteiger partial charge on any atom is 0.248 e. The van der Waals surface area contributed by atoms with E-state index in [0.717, 1.165) is 12.8 Å². The molecule has 1 atom stereocenters. The van der Waals surface area contributed by atoms with E-state index >= 15 is 0 Å². The number of thioether (sulfide) groups is 1. The second kappa shape index (κ2) is 7.17. The summed E-state index contributed by atoms with van der Waals surface area (Å²) in [6.07, 6.45) is 6.66. The molecule has 1 aliphatic heterocycles. The van der Waals surface area contributed by atoms with Crippen LogP contribution in [0.1, 0.15) is 46.5 Å². The van der Waals surface area contributed by atoms with Gasteiger partial charge in [-0.3, -0.25) is 9.59 Å². The molecule has 1 fully saturated rings. The Bertz CT molecular complexity index is 331. The van der Waals surface area contributed by atoms with Crippen molar-refractivity contribution in [1.82, 2.24) is 10.2 Å². The normalized spacial score (nSPS) is 22.5. The van der Waals surface area contributed by atoms with Crippen molar-refractivity contribution in [3.63, 3.8) is 0 Å². The van der Waals surface area contributed by atoms with Gasteiger partial charge in [0.1, 0.15) is 11.6 Å². The molecule has 1 rings (SSSR count). The summed E-state index contributed by atoms with van der Waals surface area (Å²) in [6, 6.07) is -0.341. The molecular formula is C14H26N2O2S. The quantitative estimate of drug-likeness (QED) is 0.729. The third-order valence-corrected chi connectivity index (χ3v) is 4.27. The van der Waals surface area contributed by atoms with Gasteiger partial charge in [-0.1, -0.05) is 12.8 Å². The molecule has 1 N–H and O–H groups in total. The van der Waals surface area contributed by atoms with E-state index in [9.17, 15) is 9.59 Å². The summed E-state index contributed by atoms with van der Waals surface area (Å²) in [5.74, 6) is 1.18. The van der Waals surface area contributed by atoms with Gasteiger partial charge in [0.25, 0.3) is 0 Å². The van der Waals surface area contributed by atoms with E-state index in [4.69, 9.17) is 0 Å². The SMILES string of the molecule is CSCCCCCCN1C(=O)C(C)(C)NC(=O)C1C. The zero-order valence-corrected chi connectivity index (χ0v) is 13.3. The zero-order valence-electron chi connectivity index (χ0n) is 12.5. The van der Waals surface area contributed by atoms with E-state index < -0.39 is 5.54 Å². The van der Waals surface area contributed by atoms with Crippen LogP contribution in [0.25, 0.3) is 0 Å². The van der Waals surface area contributed by atoms with Crippen LogP contribution in [0.4, 0.5) is 0 Å². The summed E-state index contributed by atoms with van der Waals surface area (Å²) >= 11 is 1.87. The summed E-state index contributed by atoms with van der Waals surface area (Å²) in [5, 5.41) is 2.77. The van der Waals surface area contributed by atoms with Crippen LogP contribution in [0, 0.1) is 0 Å². The van der Waals surface area contributed by atoms with Gasteiger partial charge in [-0.25, -0.2) is 0 Å². The summed E-state index contributed by atoms with van der Waals surface area (Å²) in [7, 11) is 0. The number of carbonyl (C=O) groups is 2. The van der Waals surface area contributed by atoms with Crippen molar-refractivity contribution < 1.29 is 9.59 Å². The highest BCUT2D eigenvalue weighted by Gasteiger charge is 2.42. The number of unbranched alkanes of at least 4 members (excludes halogenated alkanes) is 3. The summed E-state index contributed by atoms with van der Waals surface area (Å²) < 4.78 is 0. The Balaban J connectivity index is 2.41. The molecule has 0 aliphatic carbocycles. The highest BCUT2D eigenvalue weighted by molar-refractivity contribution is 7.98.